The summed E-state index contributed by atoms with van der Waals surface area (Å²) in [6.45, 7) is 11.3. The Morgan fingerprint density at radius 2 is 0.577 bits per heavy atom. The highest BCUT2D eigenvalue weighted by Gasteiger charge is 2.08. The Balaban J connectivity index is 0. The topological polar surface area (TPSA) is 4.44 Å². The van der Waals surface area contributed by atoms with E-state index in [0.29, 0.717) is 0 Å². The second-order valence-corrected chi connectivity index (χ2v) is 8.30. The highest BCUT2D eigenvalue weighted by Crippen LogP contribution is 2.06. The van der Waals surface area contributed by atoms with E-state index < -0.39 is 0 Å². The SMILES string of the molecule is CCCCCCCC[NH+](CCCCCCCC)CCCCCCCC.[I-]. The molecule has 26 heavy (non-hydrogen) atoms. The Morgan fingerprint density at radius 1 is 0.346 bits per heavy atom. The third-order valence-corrected chi connectivity index (χ3v) is 5.65. The predicted octanol–water partition coefficient (Wildman–Crippen LogP) is 3.96. The van der Waals surface area contributed by atoms with Crippen LogP contribution in [0.25, 0.3) is 0 Å². The number of hydrogen-bond acceptors (Lipinski definition) is 0. The highest BCUT2D eigenvalue weighted by molar-refractivity contribution is 4.47. The Labute approximate surface area is 184 Å². The average molecular weight is 482 g/mol. The average Bonchev–Trinajstić information content (AvgIpc) is 2.63. The van der Waals surface area contributed by atoms with Gasteiger partial charge in [-0.05, 0) is 38.5 Å². The van der Waals surface area contributed by atoms with Gasteiger partial charge in [-0.15, -0.1) is 0 Å². The minimum absolute atomic E-state index is 0. The van der Waals surface area contributed by atoms with Crippen molar-refractivity contribution in [2.24, 2.45) is 0 Å². The van der Waals surface area contributed by atoms with Gasteiger partial charge in [0.25, 0.3) is 0 Å². The van der Waals surface area contributed by atoms with E-state index in [1.165, 1.54) is 135 Å². The van der Waals surface area contributed by atoms with Crippen LogP contribution < -0.4 is 28.9 Å². The van der Waals surface area contributed by atoms with Crippen LogP contribution in [0.5, 0.6) is 0 Å². The molecule has 0 unspecified atom stereocenters. The lowest BCUT2D eigenvalue weighted by molar-refractivity contribution is -0.900. The summed E-state index contributed by atoms with van der Waals surface area (Å²) in [6.07, 6.45) is 26.0. The molecule has 0 aromatic heterocycles. The first-order valence-corrected chi connectivity index (χ1v) is 12.2. The normalized spacial score (nSPS) is 11.1. The fraction of sp³-hybridized carbons (Fsp3) is 1.00. The molecule has 0 aliphatic rings. The molecule has 0 amide bonds. The summed E-state index contributed by atoms with van der Waals surface area (Å²) in [7, 11) is 0. The van der Waals surface area contributed by atoms with Crippen LogP contribution in [-0.4, -0.2) is 19.6 Å². The Kier molecular flexibility index (Phi) is 28.6. The molecule has 0 heterocycles. The van der Waals surface area contributed by atoms with E-state index in [0.717, 1.165) is 0 Å². The summed E-state index contributed by atoms with van der Waals surface area (Å²) < 4.78 is 0. The highest BCUT2D eigenvalue weighted by atomic mass is 127. The molecule has 1 N–H and O–H groups in total. The molecule has 0 spiro atoms. The molecule has 0 aliphatic heterocycles. The molecule has 0 radical (unpaired) electrons. The molecule has 0 rings (SSSR count). The summed E-state index contributed by atoms with van der Waals surface area (Å²) in [4.78, 5) is 1.92. The fourth-order valence-electron chi connectivity index (χ4n) is 3.84. The molecular weight excluding hydrogens is 429 g/mol. The van der Waals surface area contributed by atoms with E-state index in [9.17, 15) is 0 Å². The van der Waals surface area contributed by atoms with Gasteiger partial charge in [0.15, 0.2) is 0 Å². The molecule has 0 aromatic rings. The first-order valence-electron chi connectivity index (χ1n) is 12.2. The molecule has 0 saturated heterocycles. The number of rotatable bonds is 21. The third-order valence-electron chi connectivity index (χ3n) is 5.65. The van der Waals surface area contributed by atoms with Gasteiger partial charge in [0, 0.05) is 0 Å². The van der Waals surface area contributed by atoms with Gasteiger partial charge in [-0.1, -0.05) is 97.8 Å². The van der Waals surface area contributed by atoms with Gasteiger partial charge in [0.1, 0.15) is 0 Å². The zero-order valence-corrected chi connectivity index (χ0v) is 20.9. The maximum Gasteiger partial charge on any atom is 0.0770 e. The van der Waals surface area contributed by atoms with Crippen LogP contribution in [0, 0.1) is 0 Å². The number of quaternary nitrogens is 1. The van der Waals surface area contributed by atoms with E-state index in [4.69, 9.17) is 0 Å². The summed E-state index contributed by atoms with van der Waals surface area (Å²) in [5.74, 6) is 0. The minimum Gasteiger partial charge on any atom is -1.00 e. The van der Waals surface area contributed by atoms with Crippen LogP contribution in [0.2, 0.25) is 0 Å². The quantitative estimate of drug-likeness (QED) is 0.187. The standard InChI is InChI=1S/C24H51N.HI/c1-4-7-10-13-16-19-22-25(23-20-17-14-11-8-5-2)24-21-18-15-12-9-6-3;/h4-24H2,1-3H3;1H. The molecule has 0 bridgehead atoms. The first kappa shape index (κ1) is 28.9. The maximum absolute atomic E-state index is 2.31. The van der Waals surface area contributed by atoms with Crippen molar-refractivity contribution in [2.45, 2.75) is 136 Å². The lowest BCUT2D eigenvalue weighted by Gasteiger charge is -2.19. The van der Waals surface area contributed by atoms with Crippen molar-refractivity contribution in [3.8, 4) is 0 Å². The first-order chi connectivity index (χ1) is 12.3. The van der Waals surface area contributed by atoms with E-state index in [1.807, 2.05) is 4.90 Å². The molecule has 160 valence electrons. The summed E-state index contributed by atoms with van der Waals surface area (Å²) in [5.41, 5.74) is 0. The smallest absolute Gasteiger partial charge is 0.0770 e. The lowest BCUT2D eigenvalue weighted by atomic mass is 10.1. The molecular formula is C24H52IN. The van der Waals surface area contributed by atoms with Crippen LogP contribution in [0.3, 0.4) is 0 Å². The van der Waals surface area contributed by atoms with Gasteiger partial charge in [0.2, 0.25) is 0 Å². The lowest BCUT2D eigenvalue weighted by Crippen LogP contribution is -3.12. The maximum atomic E-state index is 2.31. The monoisotopic (exact) mass is 481 g/mol. The van der Waals surface area contributed by atoms with Crippen molar-refractivity contribution < 1.29 is 28.9 Å². The van der Waals surface area contributed by atoms with Crippen LogP contribution in [-0.2, 0) is 0 Å². The van der Waals surface area contributed by atoms with Gasteiger partial charge in [-0.3, -0.25) is 0 Å². The van der Waals surface area contributed by atoms with Gasteiger partial charge < -0.3 is 28.9 Å². The number of nitrogens with one attached hydrogen (secondary N) is 1. The van der Waals surface area contributed by atoms with Gasteiger partial charge >= 0.3 is 0 Å². The molecule has 0 aliphatic carbocycles. The van der Waals surface area contributed by atoms with Crippen molar-refractivity contribution in [1.29, 1.82) is 0 Å². The predicted molar refractivity (Wildman–Crippen MR) is 116 cm³/mol. The molecule has 0 fully saturated rings. The van der Waals surface area contributed by atoms with Gasteiger partial charge in [-0.25, -0.2) is 0 Å². The van der Waals surface area contributed by atoms with Crippen molar-refractivity contribution in [1.82, 2.24) is 0 Å². The number of hydrogen-bond donors (Lipinski definition) is 1. The second-order valence-electron chi connectivity index (χ2n) is 8.30. The Bertz CT molecular complexity index is 194. The summed E-state index contributed by atoms with van der Waals surface area (Å²) in [6, 6.07) is 0. The molecule has 0 saturated carbocycles. The van der Waals surface area contributed by atoms with E-state index in [-0.39, 0.29) is 24.0 Å². The van der Waals surface area contributed by atoms with Crippen molar-refractivity contribution >= 4 is 0 Å². The largest absolute Gasteiger partial charge is 1.00 e. The zero-order valence-electron chi connectivity index (χ0n) is 18.7. The number of halogens is 1. The fourth-order valence-corrected chi connectivity index (χ4v) is 3.84. The number of unbranched alkanes of at least 4 members (excludes halogenated alkanes) is 15. The van der Waals surface area contributed by atoms with E-state index in [2.05, 4.69) is 20.8 Å². The zero-order chi connectivity index (χ0) is 18.4. The molecule has 0 atom stereocenters. The van der Waals surface area contributed by atoms with E-state index in [1.54, 1.807) is 0 Å². The Morgan fingerprint density at radius 3 is 0.846 bits per heavy atom. The third kappa shape index (κ3) is 22.7. The van der Waals surface area contributed by atoms with Crippen LogP contribution in [0.1, 0.15) is 136 Å². The van der Waals surface area contributed by atoms with Crippen LogP contribution >= 0.6 is 0 Å². The molecule has 0 aromatic carbocycles. The van der Waals surface area contributed by atoms with E-state index >= 15 is 0 Å². The molecule has 2 heteroatoms. The second kappa shape index (κ2) is 25.7. The van der Waals surface area contributed by atoms with Gasteiger partial charge in [-0.2, -0.15) is 0 Å². The Hall–Kier alpha value is 0.690. The van der Waals surface area contributed by atoms with Crippen LogP contribution in [0.15, 0.2) is 0 Å². The summed E-state index contributed by atoms with van der Waals surface area (Å²) in [5, 5.41) is 0. The van der Waals surface area contributed by atoms with Crippen LogP contribution in [0.4, 0.5) is 0 Å². The van der Waals surface area contributed by atoms with Crippen molar-refractivity contribution in [3.05, 3.63) is 0 Å². The summed E-state index contributed by atoms with van der Waals surface area (Å²) >= 11 is 0. The van der Waals surface area contributed by atoms with Crippen molar-refractivity contribution in [3.63, 3.8) is 0 Å². The molecule has 1 nitrogen and oxygen atoms in total. The van der Waals surface area contributed by atoms with Gasteiger partial charge in [0.05, 0.1) is 19.6 Å². The van der Waals surface area contributed by atoms with Crippen molar-refractivity contribution in [2.75, 3.05) is 19.6 Å². The minimum atomic E-state index is 0.